The van der Waals surface area contributed by atoms with Gasteiger partial charge in [-0.2, -0.15) is 18.4 Å². The molecule has 2 aromatic rings. The van der Waals surface area contributed by atoms with Crippen LogP contribution in [0.25, 0.3) is 5.70 Å². The van der Waals surface area contributed by atoms with Crippen molar-refractivity contribution in [3.05, 3.63) is 65.5 Å². The second-order valence-corrected chi connectivity index (χ2v) is 4.95. The molecule has 0 spiro atoms. The molecule has 0 fully saturated rings. The van der Waals surface area contributed by atoms with Gasteiger partial charge in [0, 0.05) is 18.8 Å². The number of rotatable bonds is 3. The number of hydrogen-bond acceptors (Lipinski definition) is 4. The van der Waals surface area contributed by atoms with Crippen LogP contribution in [-0.2, 0) is 6.18 Å². The van der Waals surface area contributed by atoms with Gasteiger partial charge in [0.25, 0.3) is 0 Å². The highest BCUT2D eigenvalue weighted by molar-refractivity contribution is 6.07. The van der Waals surface area contributed by atoms with Crippen LogP contribution in [0.4, 0.5) is 18.9 Å². The Bertz CT molecular complexity index is 829. The molecule has 5 nitrogen and oxygen atoms in total. The molecule has 25 heavy (non-hydrogen) atoms. The third kappa shape index (κ3) is 4.81. The van der Waals surface area contributed by atoms with Crippen molar-refractivity contribution in [3.63, 3.8) is 0 Å². The molecule has 0 amide bonds. The number of aromatic nitrogens is 1. The lowest BCUT2D eigenvalue weighted by atomic mass is 10.1. The molecule has 8 heteroatoms. The van der Waals surface area contributed by atoms with Crippen LogP contribution in [-0.4, -0.2) is 17.9 Å². The second-order valence-electron chi connectivity index (χ2n) is 4.95. The lowest BCUT2D eigenvalue weighted by Crippen LogP contribution is -2.12. The first kappa shape index (κ1) is 18.0. The molecule has 1 aromatic heterocycles. The molecule has 0 saturated carbocycles. The molecular formula is C17H14F3N5. The summed E-state index contributed by atoms with van der Waals surface area (Å²) in [6.07, 6.45) is -1.43. The monoisotopic (exact) mass is 345 g/mol. The van der Waals surface area contributed by atoms with Gasteiger partial charge in [0.05, 0.1) is 17.4 Å². The fraction of sp³-hybridized carbons (Fsp3) is 0.118. The summed E-state index contributed by atoms with van der Waals surface area (Å²) in [5, 5.41) is 11.7. The summed E-state index contributed by atoms with van der Waals surface area (Å²) in [5.74, 6) is 0.393. The molecule has 0 aliphatic heterocycles. The lowest BCUT2D eigenvalue weighted by molar-refractivity contribution is -0.137. The number of nitrogens with zero attached hydrogens (tertiary/aromatic N) is 3. The highest BCUT2D eigenvalue weighted by Gasteiger charge is 2.29. The number of hydrogen-bond donors (Lipinski definition) is 2. The van der Waals surface area contributed by atoms with E-state index in [0.29, 0.717) is 17.1 Å². The van der Waals surface area contributed by atoms with Gasteiger partial charge in [0.15, 0.2) is 0 Å². The Kier molecular flexibility index (Phi) is 5.39. The average molecular weight is 345 g/mol. The van der Waals surface area contributed by atoms with Crippen LogP contribution in [0.1, 0.15) is 16.8 Å². The zero-order valence-electron chi connectivity index (χ0n) is 13.2. The van der Waals surface area contributed by atoms with Crippen LogP contribution >= 0.6 is 0 Å². The normalized spacial score (nSPS) is 12.6. The Labute approximate surface area is 142 Å². The fourth-order valence-corrected chi connectivity index (χ4v) is 1.92. The Morgan fingerprint density at radius 1 is 1.24 bits per heavy atom. The number of aliphatic imine (C=N–C) groups is 1. The number of nitrogens with one attached hydrogen (secondary N) is 1. The largest absolute Gasteiger partial charge is 0.416 e. The van der Waals surface area contributed by atoms with Crippen molar-refractivity contribution in [3.8, 4) is 6.07 Å². The summed E-state index contributed by atoms with van der Waals surface area (Å²) < 4.78 is 37.7. The Hall–Kier alpha value is -3.34. The van der Waals surface area contributed by atoms with Crippen molar-refractivity contribution in [1.29, 1.82) is 5.26 Å². The number of alkyl halides is 3. The minimum atomic E-state index is -4.39. The van der Waals surface area contributed by atoms with Gasteiger partial charge in [-0.1, -0.05) is 12.1 Å². The minimum Gasteiger partial charge on any atom is -0.398 e. The topological polar surface area (TPSA) is 87.1 Å². The standard InChI is InChI=1S/C17H14F3N5/c1-23-16(25-14-7-6-13(9-21)24-10-14)8-15(22)11-2-4-12(5-3-11)17(18,19)20/h2-8,10H,22H2,1H3,(H,23,25)/b15-8-. The first-order chi connectivity index (χ1) is 11.8. The number of nitrogens with two attached hydrogens (primary N) is 1. The fourth-order valence-electron chi connectivity index (χ4n) is 1.92. The number of nitriles is 1. The van der Waals surface area contributed by atoms with E-state index in [4.69, 9.17) is 11.0 Å². The van der Waals surface area contributed by atoms with Gasteiger partial charge in [0.2, 0.25) is 0 Å². The van der Waals surface area contributed by atoms with Crippen LogP contribution in [0.15, 0.2) is 53.7 Å². The number of halogens is 3. The van der Waals surface area contributed by atoms with E-state index < -0.39 is 11.7 Å². The Balaban J connectivity index is 2.16. The number of benzene rings is 1. The van der Waals surface area contributed by atoms with Gasteiger partial charge in [0.1, 0.15) is 17.6 Å². The van der Waals surface area contributed by atoms with E-state index in [0.717, 1.165) is 12.1 Å². The van der Waals surface area contributed by atoms with E-state index in [2.05, 4.69) is 15.3 Å². The molecule has 128 valence electrons. The molecule has 0 atom stereocenters. The molecule has 1 aromatic carbocycles. The van der Waals surface area contributed by atoms with Crippen molar-refractivity contribution in [2.45, 2.75) is 6.18 Å². The maximum Gasteiger partial charge on any atom is 0.416 e. The first-order valence-corrected chi connectivity index (χ1v) is 7.08. The summed E-state index contributed by atoms with van der Waals surface area (Å²) in [5.41, 5.74) is 6.75. The number of anilines is 1. The van der Waals surface area contributed by atoms with Gasteiger partial charge in [-0.05, 0) is 29.8 Å². The second kappa shape index (κ2) is 7.49. The third-order valence-corrected chi connectivity index (χ3v) is 3.23. The van der Waals surface area contributed by atoms with Crippen LogP contribution in [0.2, 0.25) is 0 Å². The van der Waals surface area contributed by atoms with Crippen LogP contribution < -0.4 is 11.1 Å². The van der Waals surface area contributed by atoms with E-state index in [9.17, 15) is 13.2 Å². The maximum absolute atomic E-state index is 12.6. The predicted octanol–water partition coefficient (Wildman–Crippen LogP) is 3.41. The Morgan fingerprint density at radius 2 is 1.92 bits per heavy atom. The summed E-state index contributed by atoms with van der Waals surface area (Å²) in [4.78, 5) is 7.94. The zero-order valence-corrected chi connectivity index (χ0v) is 13.2. The van der Waals surface area contributed by atoms with Gasteiger partial charge in [-0.3, -0.25) is 4.99 Å². The summed E-state index contributed by atoms with van der Waals surface area (Å²) in [6, 6.07) is 9.63. The summed E-state index contributed by atoms with van der Waals surface area (Å²) >= 11 is 0. The van der Waals surface area contributed by atoms with E-state index >= 15 is 0 Å². The maximum atomic E-state index is 12.6. The predicted molar refractivity (Wildman–Crippen MR) is 89.5 cm³/mol. The minimum absolute atomic E-state index is 0.253. The van der Waals surface area contributed by atoms with Gasteiger partial charge >= 0.3 is 6.18 Å². The van der Waals surface area contributed by atoms with Crippen molar-refractivity contribution in [1.82, 2.24) is 4.98 Å². The Morgan fingerprint density at radius 3 is 2.40 bits per heavy atom. The van der Waals surface area contributed by atoms with E-state index in [-0.39, 0.29) is 11.4 Å². The average Bonchev–Trinajstić information content (AvgIpc) is 2.61. The molecule has 0 bridgehead atoms. The highest BCUT2D eigenvalue weighted by atomic mass is 19.4. The molecule has 0 saturated heterocycles. The van der Waals surface area contributed by atoms with Gasteiger partial charge < -0.3 is 11.1 Å². The molecule has 1 heterocycles. The van der Waals surface area contributed by atoms with E-state index in [1.165, 1.54) is 31.5 Å². The van der Waals surface area contributed by atoms with E-state index in [1.807, 2.05) is 6.07 Å². The SMILES string of the molecule is CN=C(/C=C(\N)c1ccc(C(F)(F)F)cc1)Nc1ccc(C#N)nc1. The molecule has 3 N–H and O–H groups in total. The van der Waals surface area contributed by atoms with E-state index in [1.54, 1.807) is 12.1 Å². The summed E-state index contributed by atoms with van der Waals surface area (Å²) in [6.45, 7) is 0. The number of amidine groups is 1. The lowest BCUT2D eigenvalue weighted by Gasteiger charge is -2.09. The first-order valence-electron chi connectivity index (χ1n) is 7.08. The molecule has 0 aliphatic rings. The van der Waals surface area contributed by atoms with Gasteiger partial charge in [-0.25, -0.2) is 4.98 Å². The summed E-state index contributed by atoms with van der Waals surface area (Å²) in [7, 11) is 1.54. The van der Waals surface area contributed by atoms with Crippen molar-refractivity contribution < 1.29 is 13.2 Å². The van der Waals surface area contributed by atoms with Crippen LogP contribution in [0.3, 0.4) is 0 Å². The molecular weight excluding hydrogens is 331 g/mol. The highest BCUT2D eigenvalue weighted by Crippen LogP contribution is 2.29. The van der Waals surface area contributed by atoms with Crippen molar-refractivity contribution in [2.24, 2.45) is 10.7 Å². The van der Waals surface area contributed by atoms with Crippen LogP contribution in [0, 0.1) is 11.3 Å². The van der Waals surface area contributed by atoms with Crippen molar-refractivity contribution >= 4 is 17.2 Å². The third-order valence-electron chi connectivity index (χ3n) is 3.23. The molecule has 2 rings (SSSR count). The molecule has 0 aliphatic carbocycles. The van der Waals surface area contributed by atoms with Crippen molar-refractivity contribution in [2.75, 3.05) is 12.4 Å². The number of pyridine rings is 1. The quantitative estimate of drug-likeness (QED) is 0.659. The molecule has 0 unspecified atom stereocenters. The zero-order chi connectivity index (χ0) is 18.4. The van der Waals surface area contributed by atoms with Crippen LogP contribution in [0.5, 0.6) is 0 Å². The smallest absolute Gasteiger partial charge is 0.398 e. The van der Waals surface area contributed by atoms with Gasteiger partial charge in [-0.15, -0.1) is 0 Å². The molecule has 0 radical (unpaired) electrons.